The highest BCUT2D eigenvalue weighted by molar-refractivity contribution is 5.90. The van der Waals surface area contributed by atoms with Gasteiger partial charge in [0, 0.05) is 18.8 Å². The van der Waals surface area contributed by atoms with Crippen LogP contribution >= 0.6 is 0 Å². The summed E-state index contributed by atoms with van der Waals surface area (Å²) in [6.45, 7) is 1.86. The average molecular weight is 319 g/mol. The number of aryl methyl sites for hydroxylation is 1. The second kappa shape index (κ2) is 6.82. The van der Waals surface area contributed by atoms with Crippen molar-refractivity contribution in [3.63, 3.8) is 0 Å². The standard InChI is InChI=1S/C15H14FN3O4/c1-9-5-10(3-4-12(9)16)7-17-14-13(19(21)22)6-11(8-18-14)15(20)23-2/h3-6,8H,7H2,1-2H3,(H,17,18). The van der Waals surface area contributed by atoms with Gasteiger partial charge in [-0.3, -0.25) is 10.1 Å². The monoisotopic (exact) mass is 319 g/mol. The maximum Gasteiger partial charge on any atom is 0.339 e. The first-order chi connectivity index (χ1) is 10.9. The van der Waals surface area contributed by atoms with E-state index in [-0.39, 0.29) is 29.4 Å². The number of rotatable bonds is 5. The molecule has 0 spiro atoms. The topological polar surface area (TPSA) is 94.4 Å². The predicted molar refractivity (Wildman–Crippen MR) is 80.7 cm³/mol. The van der Waals surface area contributed by atoms with Crippen LogP contribution in [0.2, 0.25) is 0 Å². The van der Waals surface area contributed by atoms with Crippen molar-refractivity contribution in [2.75, 3.05) is 12.4 Å². The Balaban J connectivity index is 2.23. The number of carbonyl (C=O) groups is 1. The van der Waals surface area contributed by atoms with E-state index in [1.807, 2.05) is 0 Å². The van der Waals surface area contributed by atoms with Crippen LogP contribution in [0.25, 0.3) is 0 Å². The van der Waals surface area contributed by atoms with Gasteiger partial charge in [-0.05, 0) is 24.1 Å². The minimum absolute atomic E-state index is 0.0117. The summed E-state index contributed by atoms with van der Waals surface area (Å²) in [4.78, 5) is 25.8. The molecule has 7 nitrogen and oxygen atoms in total. The number of nitrogens with zero attached hydrogens (tertiary/aromatic N) is 2. The van der Waals surface area contributed by atoms with Gasteiger partial charge in [0.25, 0.3) is 0 Å². The summed E-state index contributed by atoms with van der Waals surface area (Å²) >= 11 is 0. The van der Waals surface area contributed by atoms with E-state index >= 15 is 0 Å². The smallest absolute Gasteiger partial charge is 0.339 e. The number of aromatic nitrogens is 1. The number of hydrogen-bond donors (Lipinski definition) is 1. The van der Waals surface area contributed by atoms with E-state index in [0.717, 1.165) is 11.6 Å². The number of ether oxygens (including phenoxy) is 1. The lowest BCUT2D eigenvalue weighted by molar-refractivity contribution is -0.384. The summed E-state index contributed by atoms with van der Waals surface area (Å²) < 4.78 is 17.7. The summed E-state index contributed by atoms with van der Waals surface area (Å²) in [5.74, 6) is -1.01. The third-order valence-electron chi connectivity index (χ3n) is 3.17. The first-order valence-electron chi connectivity index (χ1n) is 6.64. The average Bonchev–Trinajstić information content (AvgIpc) is 2.55. The zero-order valence-electron chi connectivity index (χ0n) is 12.5. The fourth-order valence-corrected chi connectivity index (χ4v) is 1.96. The zero-order valence-corrected chi connectivity index (χ0v) is 12.5. The number of pyridine rings is 1. The Morgan fingerprint density at radius 2 is 2.17 bits per heavy atom. The summed E-state index contributed by atoms with van der Waals surface area (Å²) in [6, 6.07) is 5.63. The van der Waals surface area contributed by atoms with Gasteiger partial charge in [0.05, 0.1) is 17.6 Å². The van der Waals surface area contributed by atoms with Crippen molar-refractivity contribution in [1.29, 1.82) is 0 Å². The normalized spacial score (nSPS) is 10.2. The van der Waals surface area contributed by atoms with E-state index in [1.54, 1.807) is 19.1 Å². The van der Waals surface area contributed by atoms with Crippen molar-refractivity contribution in [1.82, 2.24) is 4.98 Å². The summed E-state index contributed by atoms with van der Waals surface area (Å²) in [6.07, 6.45) is 1.19. The third-order valence-corrected chi connectivity index (χ3v) is 3.17. The fourth-order valence-electron chi connectivity index (χ4n) is 1.96. The van der Waals surface area contributed by atoms with Gasteiger partial charge < -0.3 is 10.1 Å². The Kier molecular flexibility index (Phi) is 4.85. The van der Waals surface area contributed by atoms with Crippen molar-refractivity contribution in [3.05, 3.63) is 63.1 Å². The number of carbonyl (C=O) groups excluding carboxylic acids is 1. The van der Waals surface area contributed by atoms with E-state index in [1.165, 1.54) is 19.4 Å². The lowest BCUT2D eigenvalue weighted by atomic mass is 10.1. The van der Waals surface area contributed by atoms with Crippen LogP contribution in [0.1, 0.15) is 21.5 Å². The third kappa shape index (κ3) is 3.79. The lowest BCUT2D eigenvalue weighted by Gasteiger charge is -2.08. The van der Waals surface area contributed by atoms with Crippen LogP contribution in [0.4, 0.5) is 15.9 Å². The van der Waals surface area contributed by atoms with Crippen LogP contribution in [0.3, 0.4) is 0 Å². The highest BCUT2D eigenvalue weighted by Crippen LogP contribution is 2.24. The first-order valence-corrected chi connectivity index (χ1v) is 6.64. The molecule has 23 heavy (non-hydrogen) atoms. The van der Waals surface area contributed by atoms with Crippen molar-refractivity contribution in [3.8, 4) is 0 Å². The summed E-state index contributed by atoms with van der Waals surface area (Å²) in [5, 5.41) is 13.9. The molecule has 1 heterocycles. The van der Waals surface area contributed by atoms with Gasteiger partial charge in [0.1, 0.15) is 5.82 Å². The molecular weight excluding hydrogens is 305 g/mol. The minimum Gasteiger partial charge on any atom is -0.465 e. The van der Waals surface area contributed by atoms with Crippen LogP contribution in [-0.2, 0) is 11.3 Å². The highest BCUT2D eigenvalue weighted by atomic mass is 19.1. The number of benzene rings is 1. The number of nitrogens with one attached hydrogen (secondary N) is 1. The van der Waals surface area contributed by atoms with E-state index in [2.05, 4.69) is 15.0 Å². The predicted octanol–water partition coefficient (Wildman–Crippen LogP) is 2.84. The van der Waals surface area contributed by atoms with Gasteiger partial charge in [0.15, 0.2) is 0 Å². The molecule has 0 aliphatic rings. The largest absolute Gasteiger partial charge is 0.465 e. The molecule has 0 amide bonds. The molecule has 0 fully saturated rings. The minimum atomic E-state index is -0.707. The molecule has 8 heteroatoms. The van der Waals surface area contributed by atoms with Gasteiger partial charge in [0.2, 0.25) is 5.82 Å². The second-order valence-electron chi connectivity index (χ2n) is 4.78. The number of hydrogen-bond acceptors (Lipinski definition) is 6. The van der Waals surface area contributed by atoms with Gasteiger partial charge in [-0.1, -0.05) is 12.1 Å². The molecule has 1 aromatic carbocycles. The molecule has 1 aromatic heterocycles. The van der Waals surface area contributed by atoms with Gasteiger partial charge in [-0.15, -0.1) is 0 Å². The quantitative estimate of drug-likeness (QED) is 0.517. The Labute approximate surface area is 131 Å². The maximum atomic E-state index is 13.2. The summed E-state index contributed by atoms with van der Waals surface area (Å²) in [5.41, 5.74) is 0.874. The SMILES string of the molecule is COC(=O)c1cnc(NCc2ccc(F)c(C)c2)c([N+](=O)[O-])c1. The van der Waals surface area contributed by atoms with Crippen LogP contribution in [0.5, 0.6) is 0 Å². The number of halogens is 1. The molecule has 0 aliphatic carbocycles. The number of anilines is 1. The Morgan fingerprint density at radius 3 is 2.78 bits per heavy atom. The molecule has 0 saturated heterocycles. The van der Waals surface area contributed by atoms with Crippen LogP contribution in [0.15, 0.2) is 30.5 Å². The molecule has 2 rings (SSSR count). The van der Waals surface area contributed by atoms with Crippen molar-refractivity contribution in [2.24, 2.45) is 0 Å². The van der Waals surface area contributed by atoms with Crippen LogP contribution < -0.4 is 5.32 Å². The van der Waals surface area contributed by atoms with Crippen LogP contribution in [-0.4, -0.2) is 23.0 Å². The van der Waals surface area contributed by atoms with Crippen molar-refractivity contribution in [2.45, 2.75) is 13.5 Å². The number of methoxy groups -OCH3 is 1. The highest BCUT2D eigenvalue weighted by Gasteiger charge is 2.19. The van der Waals surface area contributed by atoms with E-state index in [4.69, 9.17) is 0 Å². The number of esters is 1. The van der Waals surface area contributed by atoms with Crippen LogP contribution in [0, 0.1) is 22.9 Å². The molecule has 0 bridgehead atoms. The Morgan fingerprint density at radius 1 is 1.43 bits per heavy atom. The summed E-state index contributed by atoms with van der Waals surface area (Å²) in [7, 11) is 1.18. The lowest BCUT2D eigenvalue weighted by Crippen LogP contribution is -2.08. The number of nitro groups is 1. The van der Waals surface area contributed by atoms with Gasteiger partial charge in [-0.25, -0.2) is 14.2 Å². The van der Waals surface area contributed by atoms with E-state index in [0.29, 0.717) is 5.56 Å². The van der Waals surface area contributed by atoms with Crippen molar-refractivity contribution < 1.29 is 18.8 Å². The Bertz CT molecular complexity index is 764. The molecule has 0 saturated carbocycles. The Hall–Kier alpha value is -3.03. The van der Waals surface area contributed by atoms with Gasteiger partial charge in [-0.2, -0.15) is 0 Å². The molecular formula is C15H14FN3O4. The first kappa shape index (κ1) is 16.3. The molecule has 120 valence electrons. The van der Waals surface area contributed by atoms with E-state index < -0.39 is 10.9 Å². The molecule has 0 radical (unpaired) electrons. The van der Waals surface area contributed by atoms with Crippen molar-refractivity contribution >= 4 is 17.5 Å². The molecule has 2 aromatic rings. The molecule has 0 aliphatic heterocycles. The molecule has 0 unspecified atom stereocenters. The van der Waals surface area contributed by atoms with Gasteiger partial charge >= 0.3 is 11.7 Å². The van der Waals surface area contributed by atoms with E-state index in [9.17, 15) is 19.3 Å². The zero-order chi connectivity index (χ0) is 17.0. The second-order valence-corrected chi connectivity index (χ2v) is 4.78. The molecule has 1 N–H and O–H groups in total. The molecule has 0 atom stereocenters. The fraction of sp³-hybridized carbons (Fsp3) is 0.200. The maximum absolute atomic E-state index is 13.2.